The van der Waals surface area contributed by atoms with E-state index in [1.165, 1.54) is 0 Å². The topological polar surface area (TPSA) is 71.5 Å². The van der Waals surface area contributed by atoms with E-state index in [2.05, 4.69) is 10.3 Å². The number of hydrogen-bond donors (Lipinski definition) is 1. The van der Waals surface area contributed by atoms with Crippen molar-refractivity contribution in [1.82, 2.24) is 15.2 Å². The van der Waals surface area contributed by atoms with Crippen molar-refractivity contribution in [1.29, 1.82) is 0 Å². The van der Waals surface area contributed by atoms with Crippen LogP contribution in [-0.4, -0.2) is 53.5 Å². The maximum Gasteiger partial charge on any atom is 0.254 e. The smallest absolute Gasteiger partial charge is 0.254 e. The normalized spacial score (nSPS) is 21.6. The molecule has 1 aromatic carbocycles. The minimum Gasteiger partial charge on any atom is -0.361 e. The first-order valence-corrected chi connectivity index (χ1v) is 10.3. The monoisotopic (exact) mass is 393 g/mol. The molecule has 0 unspecified atom stereocenters. The van der Waals surface area contributed by atoms with Gasteiger partial charge in [-0.05, 0) is 42.5 Å². The fourth-order valence-corrected chi connectivity index (χ4v) is 3.89. The number of amides is 2. The van der Waals surface area contributed by atoms with E-state index in [1.807, 2.05) is 54.4 Å². The molecule has 1 aliphatic carbocycles. The van der Waals surface area contributed by atoms with Crippen LogP contribution in [0.25, 0.3) is 11.1 Å². The fraction of sp³-hybridized carbons (Fsp3) is 0.435. The van der Waals surface area contributed by atoms with Crippen LogP contribution < -0.4 is 5.32 Å². The molecule has 0 bridgehead atoms. The molecule has 152 valence electrons. The van der Waals surface area contributed by atoms with E-state index in [4.69, 9.17) is 4.74 Å². The standard InChI is InChI=1S/C23H27N3O3/c1-2-25-22(28)23(16-26(12-13-29-23)21(27)19-9-10-19)14-17-5-7-18(8-6-17)20-4-3-11-24-15-20/h3-8,11,15,19H,2,9-10,12-14,16H2,1H3,(H,25,28)/t23-/m1/s1. The summed E-state index contributed by atoms with van der Waals surface area (Å²) in [5.74, 6) is 0.150. The quantitative estimate of drug-likeness (QED) is 0.818. The van der Waals surface area contributed by atoms with E-state index in [0.717, 1.165) is 29.5 Å². The zero-order valence-corrected chi connectivity index (χ0v) is 16.8. The molecule has 6 heteroatoms. The molecule has 2 fully saturated rings. The molecule has 1 aromatic heterocycles. The molecule has 4 rings (SSSR count). The molecular formula is C23H27N3O3. The first-order chi connectivity index (χ1) is 14.1. The summed E-state index contributed by atoms with van der Waals surface area (Å²) < 4.78 is 6.06. The van der Waals surface area contributed by atoms with Crippen LogP contribution in [0.1, 0.15) is 25.3 Å². The third-order valence-electron chi connectivity index (χ3n) is 5.61. The van der Waals surface area contributed by atoms with Gasteiger partial charge in [-0.3, -0.25) is 14.6 Å². The van der Waals surface area contributed by atoms with Crippen LogP contribution in [0.3, 0.4) is 0 Å². The summed E-state index contributed by atoms with van der Waals surface area (Å²) in [5, 5.41) is 2.91. The van der Waals surface area contributed by atoms with E-state index < -0.39 is 5.60 Å². The molecule has 6 nitrogen and oxygen atoms in total. The maximum absolute atomic E-state index is 13.0. The van der Waals surface area contributed by atoms with Crippen molar-refractivity contribution in [3.63, 3.8) is 0 Å². The van der Waals surface area contributed by atoms with Gasteiger partial charge >= 0.3 is 0 Å². The highest BCUT2D eigenvalue weighted by molar-refractivity contribution is 5.88. The van der Waals surface area contributed by atoms with Crippen LogP contribution in [0, 0.1) is 5.92 Å². The number of carbonyl (C=O) groups excluding carboxylic acids is 2. The highest BCUT2D eigenvalue weighted by atomic mass is 16.5. The Morgan fingerprint density at radius 2 is 2.00 bits per heavy atom. The summed E-state index contributed by atoms with van der Waals surface area (Å²) in [6.07, 6.45) is 5.93. The van der Waals surface area contributed by atoms with Crippen LogP contribution in [-0.2, 0) is 20.7 Å². The number of pyridine rings is 1. The number of carbonyl (C=O) groups is 2. The molecule has 2 heterocycles. The number of hydrogen-bond acceptors (Lipinski definition) is 4. The van der Waals surface area contributed by atoms with Gasteiger partial charge in [0.15, 0.2) is 5.60 Å². The molecule has 0 spiro atoms. The molecule has 1 saturated carbocycles. The van der Waals surface area contributed by atoms with Crippen LogP contribution in [0.2, 0.25) is 0 Å². The molecule has 1 saturated heterocycles. The number of ether oxygens (including phenoxy) is 1. The lowest BCUT2D eigenvalue weighted by atomic mass is 9.90. The van der Waals surface area contributed by atoms with Crippen molar-refractivity contribution in [2.24, 2.45) is 5.92 Å². The average molecular weight is 393 g/mol. The second-order valence-electron chi connectivity index (χ2n) is 7.85. The highest BCUT2D eigenvalue weighted by Gasteiger charge is 2.46. The zero-order chi connectivity index (χ0) is 20.3. The van der Waals surface area contributed by atoms with Crippen molar-refractivity contribution in [2.45, 2.75) is 31.8 Å². The van der Waals surface area contributed by atoms with Gasteiger partial charge in [0, 0.05) is 37.8 Å². The molecule has 0 radical (unpaired) electrons. The van der Waals surface area contributed by atoms with Gasteiger partial charge in [-0.1, -0.05) is 30.3 Å². The Balaban J connectivity index is 1.55. The summed E-state index contributed by atoms with van der Waals surface area (Å²) in [6.45, 7) is 3.66. The number of benzene rings is 1. The van der Waals surface area contributed by atoms with Gasteiger partial charge in [0.1, 0.15) is 0 Å². The molecule has 1 N–H and O–H groups in total. The van der Waals surface area contributed by atoms with E-state index >= 15 is 0 Å². The molecule has 2 amide bonds. The van der Waals surface area contributed by atoms with Gasteiger partial charge < -0.3 is 15.0 Å². The minimum atomic E-state index is -1.05. The molecule has 2 aliphatic rings. The van der Waals surface area contributed by atoms with Crippen LogP contribution in [0.5, 0.6) is 0 Å². The number of nitrogens with one attached hydrogen (secondary N) is 1. The zero-order valence-electron chi connectivity index (χ0n) is 16.8. The van der Waals surface area contributed by atoms with E-state index in [0.29, 0.717) is 32.7 Å². The Morgan fingerprint density at radius 1 is 1.21 bits per heavy atom. The minimum absolute atomic E-state index is 0.138. The largest absolute Gasteiger partial charge is 0.361 e. The summed E-state index contributed by atoms with van der Waals surface area (Å²) in [5.41, 5.74) is 2.08. The van der Waals surface area contributed by atoms with E-state index in [9.17, 15) is 9.59 Å². The van der Waals surface area contributed by atoms with Crippen LogP contribution in [0.4, 0.5) is 0 Å². The number of rotatable bonds is 6. The number of nitrogens with zero attached hydrogens (tertiary/aromatic N) is 2. The summed E-state index contributed by atoms with van der Waals surface area (Å²) >= 11 is 0. The Bertz CT molecular complexity index is 865. The van der Waals surface area contributed by atoms with Gasteiger partial charge in [0.2, 0.25) is 5.91 Å². The molecule has 29 heavy (non-hydrogen) atoms. The van der Waals surface area contributed by atoms with Crippen molar-refractivity contribution >= 4 is 11.8 Å². The number of likely N-dealkylation sites (N-methyl/N-ethyl adjacent to an activating group) is 1. The van der Waals surface area contributed by atoms with Crippen LogP contribution >= 0.6 is 0 Å². The summed E-state index contributed by atoms with van der Waals surface area (Å²) in [7, 11) is 0. The number of aromatic nitrogens is 1. The van der Waals surface area contributed by atoms with Crippen molar-refractivity contribution in [3.8, 4) is 11.1 Å². The SMILES string of the molecule is CCNC(=O)[C@@]1(Cc2ccc(-c3cccnc3)cc2)CN(C(=O)C2CC2)CCO1. The Labute approximate surface area is 171 Å². The predicted molar refractivity (Wildman–Crippen MR) is 110 cm³/mol. The third-order valence-corrected chi connectivity index (χ3v) is 5.61. The Morgan fingerprint density at radius 3 is 2.66 bits per heavy atom. The molecule has 1 atom stereocenters. The first-order valence-electron chi connectivity index (χ1n) is 10.3. The molecule has 1 aliphatic heterocycles. The lowest BCUT2D eigenvalue weighted by Gasteiger charge is -2.41. The fourth-order valence-electron chi connectivity index (χ4n) is 3.89. The van der Waals surface area contributed by atoms with Crippen LogP contribution in [0.15, 0.2) is 48.8 Å². The van der Waals surface area contributed by atoms with E-state index in [-0.39, 0.29) is 17.7 Å². The first kappa shape index (κ1) is 19.6. The lowest BCUT2D eigenvalue weighted by Crippen LogP contribution is -2.62. The van der Waals surface area contributed by atoms with Gasteiger partial charge in [-0.2, -0.15) is 0 Å². The van der Waals surface area contributed by atoms with Crippen molar-refractivity contribution < 1.29 is 14.3 Å². The second kappa shape index (κ2) is 8.33. The highest BCUT2D eigenvalue weighted by Crippen LogP contribution is 2.33. The summed E-state index contributed by atoms with van der Waals surface area (Å²) in [6, 6.07) is 12.0. The Hall–Kier alpha value is -2.73. The predicted octanol–water partition coefficient (Wildman–Crippen LogP) is 2.43. The van der Waals surface area contributed by atoms with Gasteiger partial charge in [-0.15, -0.1) is 0 Å². The van der Waals surface area contributed by atoms with Gasteiger partial charge in [-0.25, -0.2) is 0 Å². The Kier molecular flexibility index (Phi) is 5.62. The second-order valence-corrected chi connectivity index (χ2v) is 7.85. The van der Waals surface area contributed by atoms with Crippen molar-refractivity contribution in [3.05, 3.63) is 54.4 Å². The van der Waals surface area contributed by atoms with Gasteiger partial charge in [0.05, 0.1) is 13.2 Å². The third kappa shape index (κ3) is 4.32. The molecular weight excluding hydrogens is 366 g/mol. The number of morpholine rings is 1. The summed E-state index contributed by atoms with van der Waals surface area (Å²) in [4.78, 5) is 31.6. The van der Waals surface area contributed by atoms with Gasteiger partial charge in [0.25, 0.3) is 5.91 Å². The average Bonchev–Trinajstić information content (AvgIpc) is 3.60. The molecule has 2 aromatic rings. The van der Waals surface area contributed by atoms with E-state index in [1.54, 1.807) is 6.20 Å². The maximum atomic E-state index is 13.0. The lowest BCUT2D eigenvalue weighted by molar-refractivity contribution is -0.166. The van der Waals surface area contributed by atoms with Crippen molar-refractivity contribution in [2.75, 3.05) is 26.2 Å².